The largest absolute Gasteiger partial charge is 0.377 e. The van der Waals surface area contributed by atoms with Gasteiger partial charge >= 0.3 is 0 Å². The number of rotatable bonds is 9. The van der Waals surface area contributed by atoms with Crippen LogP contribution in [0.5, 0.6) is 0 Å². The zero-order valence-corrected chi connectivity index (χ0v) is 31.3. The van der Waals surface area contributed by atoms with Crippen LogP contribution in [0.3, 0.4) is 0 Å². The van der Waals surface area contributed by atoms with E-state index in [1.165, 1.54) is 18.2 Å². The van der Waals surface area contributed by atoms with Crippen LogP contribution in [0.2, 0.25) is 0 Å². The second kappa shape index (κ2) is 15.8. The van der Waals surface area contributed by atoms with Gasteiger partial charge in [0.25, 0.3) is 11.8 Å². The van der Waals surface area contributed by atoms with Crippen molar-refractivity contribution < 1.29 is 45.4 Å². The van der Waals surface area contributed by atoms with E-state index in [9.17, 15) is 45.4 Å². The standard InChI is InChI=1S/C35H30F7N5O3P2.C2H6/c36-19-9-17(10-20(37)13-19)11-26(45-27(48)14-47-30-23(6-8-35(30,41)42)29(46-47)31(39)51)28-22(18-1-4-25(38)24(12-18)32(43)49)3-2-21(44-28)5-7-33(50)15-34(40,52)16-33;1-2/h1-4,9-10,12-13,26,31,50H,6,8,11,14-16,51-52H2,(H2,43,49)(H,45,48);1-2H3/t26-,31?,33?,34?;/m0./s1. The zero-order valence-electron chi connectivity index (χ0n) is 29.0. The maximum atomic E-state index is 14.9. The van der Waals surface area contributed by atoms with Crippen molar-refractivity contribution >= 4 is 30.3 Å². The molecule has 54 heavy (non-hydrogen) atoms. The number of aliphatic hydroxyl groups is 1. The van der Waals surface area contributed by atoms with Crippen LogP contribution in [0, 0.1) is 29.3 Å². The monoisotopic (exact) mass is 793 g/mol. The Kier molecular flexibility index (Phi) is 11.9. The van der Waals surface area contributed by atoms with Crippen LogP contribution in [-0.2, 0) is 30.1 Å². The first-order valence-corrected chi connectivity index (χ1v) is 18.0. The van der Waals surface area contributed by atoms with E-state index >= 15 is 0 Å². The molecule has 1 fully saturated rings. The molecule has 17 heteroatoms. The fourth-order valence-corrected chi connectivity index (χ4v) is 7.53. The second-order valence-corrected chi connectivity index (χ2v) is 14.6. The van der Waals surface area contributed by atoms with Crippen LogP contribution in [0.4, 0.5) is 30.7 Å². The molecule has 0 aliphatic heterocycles. The molecule has 0 bridgehead atoms. The minimum atomic E-state index is -3.40. The minimum Gasteiger partial charge on any atom is -0.377 e. The zero-order chi connectivity index (χ0) is 39.7. The third-order valence-electron chi connectivity index (χ3n) is 8.76. The molecule has 1 saturated carbocycles. The van der Waals surface area contributed by atoms with Gasteiger partial charge in [0.15, 0.2) is 5.91 Å². The first kappa shape index (κ1) is 40.8. The van der Waals surface area contributed by atoms with E-state index < -0.39 is 82.4 Å². The summed E-state index contributed by atoms with van der Waals surface area (Å²) in [7, 11) is 3.83. The second-order valence-electron chi connectivity index (χ2n) is 12.9. The normalized spacial score (nSPS) is 20.7. The number of fused-ring (bicyclic) bond motifs is 1. The summed E-state index contributed by atoms with van der Waals surface area (Å²) in [5.41, 5.74) is 2.68. The van der Waals surface area contributed by atoms with Crippen molar-refractivity contribution in [2.75, 3.05) is 0 Å². The van der Waals surface area contributed by atoms with E-state index in [1.54, 1.807) is 0 Å². The molecule has 2 aromatic carbocycles. The van der Waals surface area contributed by atoms with Gasteiger partial charge in [0, 0.05) is 36.5 Å². The molecular formula is C37H36F7N5O3P2. The third-order valence-corrected chi connectivity index (χ3v) is 9.49. The number of benzene rings is 2. The summed E-state index contributed by atoms with van der Waals surface area (Å²) >= 11 is 0. The van der Waals surface area contributed by atoms with Gasteiger partial charge in [0.1, 0.15) is 52.1 Å². The molecule has 2 aliphatic carbocycles. The highest BCUT2D eigenvalue weighted by molar-refractivity contribution is 7.18. The summed E-state index contributed by atoms with van der Waals surface area (Å²) < 4.78 is 102. The lowest BCUT2D eigenvalue weighted by Crippen LogP contribution is -2.49. The number of hydrogen-bond donors (Lipinski definition) is 3. The summed E-state index contributed by atoms with van der Waals surface area (Å²) in [6, 6.07) is 7.56. The fraction of sp³-hybridized carbons (Fsp3) is 0.351. The lowest BCUT2D eigenvalue weighted by atomic mass is 9.78. The molecule has 8 nitrogen and oxygen atoms in total. The van der Waals surface area contributed by atoms with Crippen molar-refractivity contribution in [1.29, 1.82) is 0 Å². The number of halogens is 7. The van der Waals surface area contributed by atoms with Crippen molar-refractivity contribution in [3.8, 4) is 23.0 Å². The van der Waals surface area contributed by atoms with E-state index in [4.69, 9.17) is 5.73 Å². The molecule has 0 spiro atoms. The van der Waals surface area contributed by atoms with E-state index in [0.29, 0.717) is 10.7 Å². The van der Waals surface area contributed by atoms with Gasteiger partial charge in [0.05, 0.1) is 17.3 Å². The molecule has 2 amide bonds. The van der Waals surface area contributed by atoms with Gasteiger partial charge in [-0.3, -0.25) is 14.3 Å². The Morgan fingerprint density at radius 1 is 1.04 bits per heavy atom. The van der Waals surface area contributed by atoms with Gasteiger partial charge in [-0.25, -0.2) is 26.9 Å². The van der Waals surface area contributed by atoms with Crippen molar-refractivity contribution in [2.24, 2.45) is 5.73 Å². The quantitative estimate of drug-likeness (QED) is 0.0969. The Balaban J connectivity index is 0.00000276. The number of carbonyl (C=O) groups is 2. The van der Waals surface area contributed by atoms with E-state index in [2.05, 4.69) is 27.2 Å². The van der Waals surface area contributed by atoms with Crippen LogP contribution < -0.4 is 11.1 Å². The Bertz CT molecular complexity index is 2140. The van der Waals surface area contributed by atoms with E-state index in [1.807, 2.05) is 32.3 Å². The van der Waals surface area contributed by atoms with E-state index in [-0.39, 0.29) is 65.0 Å². The Morgan fingerprint density at radius 2 is 1.70 bits per heavy atom. The topological polar surface area (TPSA) is 123 Å². The number of primary amides is 1. The molecule has 2 aromatic heterocycles. The number of alkyl halides is 4. The number of carbonyl (C=O) groups excluding carboxylic acids is 2. The molecule has 2 heterocycles. The van der Waals surface area contributed by atoms with Gasteiger partial charge in [-0.15, -0.1) is 0 Å². The molecule has 4 N–H and O–H groups in total. The van der Waals surface area contributed by atoms with E-state index in [0.717, 1.165) is 24.3 Å². The Labute approximate surface area is 310 Å². The summed E-state index contributed by atoms with van der Waals surface area (Å²) in [6.07, 6.45) is -1.71. The van der Waals surface area contributed by atoms with Crippen LogP contribution in [0.25, 0.3) is 11.1 Å². The molecule has 6 rings (SSSR count). The first-order valence-electron chi connectivity index (χ1n) is 16.8. The number of pyridine rings is 1. The number of hydrogen-bond acceptors (Lipinski definition) is 5. The van der Waals surface area contributed by atoms with Crippen LogP contribution >= 0.6 is 18.5 Å². The van der Waals surface area contributed by atoms with Gasteiger partial charge in [-0.05, 0) is 66.3 Å². The van der Waals surface area contributed by atoms with Gasteiger partial charge < -0.3 is 16.2 Å². The van der Waals surface area contributed by atoms with Crippen LogP contribution in [0.15, 0.2) is 48.5 Å². The molecule has 286 valence electrons. The molecular weight excluding hydrogens is 757 g/mol. The number of nitrogens with two attached hydrogens (primary N) is 1. The van der Waals surface area contributed by atoms with Crippen molar-refractivity contribution in [3.63, 3.8) is 0 Å². The Morgan fingerprint density at radius 3 is 2.31 bits per heavy atom. The number of nitrogens with one attached hydrogen (secondary N) is 1. The molecule has 4 atom stereocenters. The maximum Gasteiger partial charge on any atom is 0.290 e. The lowest BCUT2D eigenvalue weighted by molar-refractivity contribution is -0.122. The van der Waals surface area contributed by atoms with Gasteiger partial charge in [-0.2, -0.15) is 13.9 Å². The van der Waals surface area contributed by atoms with Gasteiger partial charge in [-0.1, -0.05) is 44.3 Å². The number of nitrogens with zero attached hydrogens (tertiary/aromatic N) is 3. The SMILES string of the molecule is CC.NC(=O)c1cc(-c2ccc(C#CC3(O)CC(F)(P)C3)nc2[C@H](Cc2cc(F)cc(F)c2)NC(=O)Cn2nc(C(F)P)c3c2C(F)(F)CC3)ccc1F. The minimum absolute atomic E-state index is 0.00203. The molecule has 3 unspecified atom stereocenters. The fourth-order valence-electron chi connectivity index (χ4n) is 6.59. The number of amides is 2. The highest BCUT2D eigenvalue weighted by atomic mass is 31.0. The summed E-state index contributed by atoms with van der Waals surface area (Å²) in [6.45, 7) is 3.19. The average Bonchev–Trinajstić information content (AvgIpc) is 3.60. The maximum absolute atomic E-state index is 14.9. The van der Waals surface area contributed by atoms with Crippen molar-refractivity contribution in [1.82, 2.24) is 20.1 Å². The molecule has 2 aliphatic rings. The van der Waals surface area contributed by atoms with Crippen molar-refractivity contribution in [3.05, 3.63) is 105 Å². The smallest absolute Gasteiger partial charge is 0.290 e. The Hall–Kier alpha value is -4.37. The average molecular weight is 794 g/mol. The van der Waals surface area contributed by atoms with Gasteiger partial charge in [0.2, 0.25) is 5.91 Å². The highest BCUT2D eigenvalue weighted by Crippen LogP contribution is 2.49. The predicted octanol–water partition coefficient (Wildman–Crippen LogP) is 6.89. The third kappa shape index (κ3) is 8.94. The summed E-state index contributed by atoms with van der Waals surface area (Å²) in [4.78, 5) is 30.3. The van der Waals surface area contributed by atoms with Crippen molar-refractivity contribution in [2.45, 2.75) is 81.4 Å². The lowest BCUT2D eigenvalue weighted by Gasteiger charge is -2.42. The predicted molar refractivity (Wildman–Crippen MR) is 193 cm³/mol. The molecule has 4 aromatic rings. The molecule has 0 saturated heterocycles. The first-order chi connectivity index (χ1) is 25.3. The highest BCUT2D eigenvalue weighted by Gasteiger charge is 2.51. The molecule has 0 radical (unpaired) electrons. The summed E-state index contributed by atoms with van der Waals surface area (Å²) in [5, 5.41) is 15.5. The van der Waals surface area contributed by atoms with Crippen LogP contribution in [0.1, 0.15) is 89.3 Å². The van der Waals surface area contributed by atoms with Crippen LogP contribution in [-0.4, -0.2) is 42.7 Å². The summed E-state index contributed by atoms with van der Waals surface area (Å²) in [5.74, 6) is -4.75. The number of aromatic nitrogens is 3.